The summed E-state index contributed by atoms with van der Waals surface area (Å²) in [5, 5.41) is 12.2. The van der Waals surface area contributed by atoms with Gasteiger partial charge in [0, 0.05) is 31.9 Å². The molecule has 5 nitrogen and oxygen atoms in total. The molecule has 0 aromatic heterocycles. The number of carbonyl (C=O) groups is 1. The summed E-state index contributed by atoms with van der Waals surface area (Å²) in [6.45, 7) is 2.52. The zero-order valence-corrected chi connectivity index (χ0v) is 12.6. The third-order valence-corrected chi connectivity index (χ3v) is 3.99. The Balaban J connectivity index is 2.05. The molecule has 1 saturated heterocycles. The monoisotopic (exact) mass is 306 g/mol. The molecule has 1 aromatic rings. The summed E-state index contributed by atoms with van der Waals surface area (Å²) in [5.74, 6) is 0.0320. The minimum absolute atomic E-state index is 0.0280. The Hall–Kier alpha value is -1.77. The second-order valence-electron chi connectivity index (χ2n) is 5.14. The van der Waals surface area contributed by atoms with Crippen LogP contribution in [0.15, 0.2) is 18.2 Å². The summed E-state index contributed by atoms with van der Waals surface area (Å²) in [6.07, 6.45) is 1.84. The van der Waals surface area contributed by atoms with Gasteiger partial charge in [0.2, 0.25) is 5.91 Å². The molecule has 0 saturated carbocycles. The summed E-state index contributed by atoms with van der Waals surface area (Å²) in [5.41, 5.74) is 6.82. The van der Waals surface area contributed by atoms with Crippen molar-refractivity contribution in [3.8, 4) is 6.07 Å². The van der Waals surface area contributed by atoms with E-state index >= 15 is 0 Å². The third kappa shape index (κ3) is 3.87. The Morgan fingerprint density at radius 2 is 2.38 bits per heavy atom. The van der Waals surface area contributed by atoms with E-state index in [9.17, 15) is 4.79 Å². The average molecular weight is 307 g/mol. The Kier molecular flexibility index (Phi) is 5.43. The van der Waals surface area contributed by atoms with E-state index in [0.29, 0.717) is 30.2 Å². The first-order valence-corrected chi connectivity index (χ1v) is 7.46. The Labute approximate surface area is 129 Å². The van der Waals surface area contributed by atoms with Gasteiger partial charge in [0.05, 0.1) is 16.5 Å². The van der Waals surface area contributed by atoms with Gasteiger partial charge in [-0.3, -0.25) is 4.79 Å². The number of piperidine rings is 1. The van der Waals surface area contributed by atoms with Crippen LogP contribution in [0.4, 0.5) is 5.69 Å². The summed E-state index contributed by atoms with van der Waals surface area (Å²) in [4.78, 5) is 14.2. The van der Waals surface area contributed by atoms with Crippen molar-refractivity contribution in [3.63, 3.8) is 0 Å². The van der Waals surface area contributed by atoms with Crippen LogP contribution in [0.5, 0.6) is 0 Å². The Bertz CT molecular complexity index is 555. The number of nitrogens with zero attached hydrogens (tertiary/aromatic N) is 2. The number of nitrogens with one attached hydrogen (secondary N) is 1. The molecule has 1 heterocycles. The molecule has 1 amide bonds. The number of benzene rings is 1. The fourth-order valence-corrected chi connectivity index (χ4v) is 2.77. The lowest BCUT2D eigenvalue weighted by atomic mass is 9.96. The van der Waals surface area contributed by atoms with E-state index in [1.807, 2.05) is 12.1 Å². The normalized spacial score (nSPS) is 18.1. The lowest BCUT2D eigenvalue weighted by molar-refractivity contribution is -0.125. The zero-order chi connectivity index (χ0) is 15.2. The fraction of sp³-hybridized carbons (Fsp3) is 0.467. The number of rotatable bonds is 4. The minimum Gasteiger partial charge on any atom is -0.371 e. The standard InChI is InChI=1S/C15H19ClN4O/c16-14-8-13(4-3-11(14)9-18)20-7-1-2-12(10-20)15(21)19-6-5-17/h3-4,8,12H,1-2,5-7,10,17H2,(H,19,21). The minimum atomic E-state index is -0.0280. The van der Waals surface area contributed by atoms with Crippen LogP contribution in [0.25, 0.3) is 0 Å². The first-order chi connectivity index (χ1) is 10.2. The van der Waals surface area contributed by atoms with Gasteiger partial charge in [-0.1, -0.05) is 11.6 Å². The van der Waals surface area contributed by atoms with Crippen molar-refractivity contribution < 1.29 is 4.79 Å². The summed E-state index contributed by atoms with van der Waals surface area (Å²) < 4.78 is 0. The molecule has 1 fully saturated rings. The van der Waals surface area contributed by atoms with Crippen molar-refractivity contribution in [1.29, 1.82) is 5.26 Å². The highest BCUT2D eigenvalue weighted by atomic mass is 35.5. The highest BCUT2D eigenvalue weighted by Crippen LogP contribution is 2.27. The van der Waals surface area contributed by atoms with Gasteiger partial charge in [-0.2, -0.15) is 5.26 Å². The number of amides is 1. The largest absolute Gasteiger partial charge is 0.371 e. The van der Waals surface area contributed by atoms with Crippen molar-refractivity contribution >= 4 is 23.2 Å². The predicted octanol–water partition coefficient (Wildman–Crippen LogP) is 1.50. The van der Waals surface area contributed by atoms with E-state index in [1.54, 1.807) is 12.1 Å². The first-order valence-electron chi connectivity index (χ1n) is 7.08. The molecule has 0 aliphatic carbocycles. The lowest BCUT2D eigenvalue weighted by Crippen LogP contribution is -2.44. The Morgan fingerprint density at radius 1 is 1.57 bits per heavy atom. The van der Waals surface area contributed by atoms with Gasteiger partial charge in [-0.15, -0.1) is 0 Å². The summed E-state index contributed by atoms with van der Waals surface area (Å²) in [7, 11) is 0. The molecular weight excluding hydrogens is 288 g/mol. The van der Waals surface area contributed by atoms with Crippen LogP contribution in [0, 0.1) is 17.2 Å². The molecule has 1 aromatic carbocycles. The van der Waals surface area contributed by atoms with Gasteiger partial charge in [-0.05, 0) is 31.0 Å². The molecular formula is C15H19ClN4O. The van der Waals surface area contributed by atoms with E-state index in [4.69, 9.17) is 22.6 Å². The molecule has 6 heteroatoms. The van der Waals surface area contributed by atoms with Gasteiger partial charge in [-0.25, -0.2) is 0 Å². The van der Waals surface area contributed by atoms with E-state index < -0.39 is 0 Å². The maximum Gasteiger partial charge on any atom is 0.224 e. The van der Waals surface area contributed by atoms with Gasteiger partial charge in [0.25, 0.3) is 0 Å². The zero-order valence-electron chi connectivity index (χ0n) is 11.8. The van der Waals surface area contributed by atoms with Crippen LogP contribution in [0.3, 0.4) is 0 Å². The van der Waals surface area contributed by atoms with Crippen LogP contribution in [0.2, 0.25) is 5.02 Å². The maximum absolute atomic E-state index is 12.0. The molecule has 2 rings (SSSR count). The number of carbonyl (C=O) groups excluding carboxylic acids is 1. The number of nitrogens with two attached hydrogens (primary N) is 1. The lowest BCUT2D eigenvalue weighted by Gasteiger charge is -2.33. The highest BCUT2D eigenvalue weighted by molar-refractivity contribution is 6.32. The number of hydrogen-bond donors (Lipinski definition) is 2. The molecule has 1 atom stereocenters. The molecule has 3 N–H and O–H groups in total. The van der Waals surface area contributed by atoms with E-state index in [1.165, 1.54) is 0 Å². The molecule has 1 aliphatic heterocycles. The van der Waals surface area contributed by atoms with Gasteiger partial charge in [0.1, 0.15) is 6.07 Å². The van der Waals surface area contributed by atoms with Crippen molar-refractivity contribution in [2.24, 2.45) is 11.7 Å². The van der Waals surface area contributed by atoms with Gasteiger partial charge < -0.3 is 16.0 Å². The van der Waals surface area contributed by atoms with Crippen LogP contribution < -0.4 is 16.0 Å². The van der Waals surface area contributed by atoms with Crippen LogP contribution >= 0.6 is 11.6 Å². The van der Waals surface area contributed by atoms with Crippen molar-refractivity contribution in [2.45, 2.75) is 12.8 Å². The number of nitriles is 1. The molecule has 21 heavy (non-hydrogen) atoms. The summed E-state index contributed by atoms with van der Waals surface area (Å²) >= 11 is 6.07. The highest BCUT2D eigenvalue weighted by Gasteiger charge is 2.25. The Morgan fingerprint density at radius 3 is 3.05 bits per heavy atom. The molecule has 0 radical (unpaired) electrons. The summed E-state index contributed by atoms with van der Waals surface area (Å²) in [6, 6.07) is 7.44. The number of anilines is 1. The van der Waals surface area contributed by atoms with E-state index in [2.05, 4.69) is 10.2 Å². The SMILES string of the molecule is N#Cc1ccc(N2CCCC(C(=O)NCCN)C2)cc1Cl. The molecule has 0 spiro atoms. The first kappa shape index (κ1) is 15.6. The molecule has 1 unspecified atom stereocenters. The van der Waals surface area contributed by atoms with Crippen LogP contribution in [0.1, 0.15) is 18.4 Å². The number of halogens is 1. The fourth-order valence-electron chi connectivity index (χ4n) is 2.56. The topological polar surface area (TPSA) is 82.2 Å². The second-order valence-corrected chi connectivity index (χ2v) is 5.55. The molecule has 112 valence electrons. The molecule has 0 bridgehead atoms. The van der Waals surface area contributed by atoms with E-state index in [-0.39, 0.29) is 11.8 Å². The van der Waals surface area contributed by atoms with Crippen molar-refractivity contribution in [3.05, 3.63) is 28.8 Å². The van der Waals surface area contributed by atoms with Crippen molar-refractivity contribution in [2.75, 3.05) is 31.1 Å². The van der Waals surface area contributed by atoms with Crippen LogP contribution in [-0.4, -0.2) is 32.1 Å². The van der Waals surface area contributed by atoms with Crippen molar-refractivity contribution in [1.82, 2.24) is 5.32 Å². The quantitative estimate of drug-likeness (QED) is 0.883. The predicted molar refractivity (Wildman–Crippen MR) is 83.2 cm³/mol. The second kappa shape index (κ2) is 7.30. The number of hydrogen-bond acceptors (Lipinski definition) is 4. The van der Waals surface area contributed by atoms with Gasteiger partial charge in [0.15, 0.2) is 0 Å². The van der Waals surface area contributed by atoms with Crippen LogP contribution in [-0.2, 0) is 4.79 Å². The van der Waals surface area contributed by atoms with E-state index in [0.717, 1.165) is 25.1 Å². The average Bonchev–Trinajstić information content (AvgIpc) is 2.52. The van der Waals surface area contributed by atoms with Gasteiger partial charge >= 0.3 is 0 Å². The molecule has 1 aliphatic rings. The third-order valence-electron chi connectivity index (χ3n) is 3.67. The smallest absolute Gasteiger partial charge is 0.224 e. The maximum atomic E-state index is 12.0.